The maximum Gasteiger partial charge on any atom is 0.405 e. The quantitative estimate of drug-likeness (QED) is 0.787. The average molecular weight is 273 g/mol. The van der Waals surface area contributed by atoms with Gasteiger partial charge in [0.05, 0.1) is 22.9 Å². The van der Waals surface area contributed by atoms with Crippen molar-refractivity contribution in [1.82, 2.24) is 10.3 Å². The highest BCUT2D eigenvalue weighted by Crippen LogP contribution is 2.28. The normalized spacial score (nSPS) is 14.3. The summed E-state index contributed by atoms with van der Waals surface area (Å²) >= 11 is 5.84. The molecule has 5 nitrogen and oxygen atoms in total. The Kier molecular flexibility index (Phi) is 4.93. The minimum atomic E-state index is -1.12. The molecule has 1 aromatic heterocycles. The molecular weight excluding hydrogens is 256 g/mol. The molecule has 0 radical (unpaired) electrons. The summed E-state index contributed by atoms with van der Waals surface area (Å²) in [5.74, 6) is 0.00674. The lowest BCUT2D eigenvalue weighted by Gasteiger charge is -2.23. The van der Waals surface area contributed by atoms with E-state index in [1.807, 2.05) is 13.8 Å². The lowest BCUT2D eigenvalue weighted by Crippen LogP contribution is -2.32. The van der Waals surface area contributed by atoms with Crippen LogP contribution in [0.1, 0.15) is 44.2 Å². The van der Waals surface area contributed by atoms with Crippen LogP contribution in [0.2, 0.25) is 5.02 Å². The predicted octanol–water partition coefficient (Wildman–Crippen LogP) is 2.75. The van der Waals surface area contributed by atoms with Crippen LogP contribution in [-0.4, -0.2) is 21.3 Å². The number of nitrogens with zero attached hydrogens (tertiary/aromatic N) is 1. The summed E-state index contributed by atoms with van der Waals surface area (Å²) in [6.45, 7) is 5.35. The standard InChI is InChI=1S/C12H17ClN2O3/c1-6(2)10(15-12(17)18)11-9(7(3)16)4-8(13)5-14-11/h4-7,10,15-16H,1-3H3,(H,17,18)/t7?,10-/m0/s1. The SMILES string of the molecule is CC(O)c1cc(Cl)cnc1[C@@H](NC(=O)O)C(C)C. The summed E-state index contributed by atoms with van der Waals surface area (Å²) in [6, 6.07) is 1.12. The number of aliphatic hydroxyl groups excluding tert-OH is 1. The third kappa shape index (κ3) is 3.58. The minimum Gasteiger partial charge on any atom is -0.465 e. The Hall–Kier alpha value is -1.33. The van der Waals surface area contributed by atoms with Gasteiger partial charge in [-0.15, -0.1) is 0 Å². The fourth-order valence-electron chi connectivity index (χ4n) is 1.74. The van der Waals surface area contributed by atoms with Crippen molar-refractivity contribution in [2.75, 3.05) is 0 Å². The van der Waals surface area contributed by atoms with Crippen LogP contribution < -0.4 is 5.32 Å². The number of aliphatic hydroxyl groups is 1. The Balaban J connectivity index is 3.22. The Labute approximate surface area is 111 Å². The lowest BCUT2D eigenvalue weighted by molar-refractivity contribution is 0.181. The van der Waals surface area contributed by atoms with Gasteiger partial charge in [-0.25, -0.2) is 4.79 Å². The second-order valence-electron chi connectivity index (χ2n) is 4.48. The monoisotopic (exact) mass is 272 g/mol. The average Bonchev–Trinajstić information content (AvgIpc) is 2.25. The highest BCUT2D eigenvalue weighted by molar-refractivity contribution is 6.30. The van der Waals surface area contributed by atoms with E-state index in [0.29, 0.717) is 16.3 Å². The molecular formula is C12H17ClN2O3. The van der Waals surface area contributed by atoms with Gasteiger partial charge in [-0.05, 0) is 18.9 Å². The van der Waals surface area contributed by atoms with Gasteiger partial charge in [0.1, 0.15) is 0 Å². The van der Waals surface area contributed by atoms with Gasteiger partial charge in [0, 0.05) is 11.8 Å². The number of halogens is 1. The first kappa shape index (κ1) is 14.7. The Morgan fingerprint density at radius 2 is 2.06 bits per heavy atom. The number of hydrogen-bond acceptors (Lipinski definition) is 3. The van der Waals surface area contributed by atoms with Crippen LogP contribution in [0, 0.1) is 5.92 Å². The molecule has 1 amide bonds. The molecule has 1 rings (SSSR count). The van der Waals surface area contributed by atoms with E-state index in [1.165, 1.54) is 6.20 Å². The van der Waals surface area contributed by atoms with Crippen molar-refractivity contribution in [2.24, 2.45) is 5.92 Å². The first-order chi connectivity index (χ1) is 8.32. The fourth-order valence-corrected chi connectivity index (χ4v) is 1.91. The highest BCUT2D eigenvalue weighted by atomic mass is 35.5. The van der Waals surface area contributed by atoms with Gasteiger partial charge >= 0.3 is 6.09 Å². The molecule has 0 aliphatic heterocycles. The van der Waals surface area contributed by atoms with Gasteiger partial charge in [0.2, 0.25) is 0 Å². The second kappa shape index (κ2) is 6.02. The molecule has 1 heterocycles. The number of nitrogens with one attached hydrogen (secondary N) is 1. The summed E-state index contributed by atoms with van der Waals surface area (Å²) in [4.78, 5) is 15.0. The summed E-state index contributed by atoms with van der Waals surface area (Å²) in [5.41, 5.74) is 1.04. The molecule has 0 aliphatic rings. The first-order valence-corrected chi connectivity index (χ1v) is 6.03. The molecule has 100 valence electrons. The molecule has 2 atom stereocenters. The summed E-state index contributed by atoms with van der Waals surface area (Å²) in [7, 11) is 0. The number of rotatable bonds is 4. The molecule has 1 unspecified atom stereocenters. The third-order valence-electron chi connectivity index (χ3n) is 2.61. The molecule has 6 heteroatoms. The Morgan fingerprint density at radius 1 is 1.44 bits per heavy atom. The van der Waals surface area contributed by atoms with Crippen LogP contribution in [0.3, 0.4) is 0 Å². The topological polar surface area (TPSA) is 82.5 Å². The van der Waals surface area contributed by atoms with Crippen LogP contribution in [0.15, 0.2) is 12.3 Å². The number of pyridine rings is 1. The van der Waals surface area contributed by atoms with E-state index >= 15 is 0 Å². The van der Waals surface area contributed by atoms with E-state index < -0.39 is 18.2 Å². The van der Waals surface area contributed by atoms with Crippen molar-refractivity contribution >= 4 is 17.7 Å². The summed E-state index contributed by atoms with van der Waals surface area (Å²) < 4.78 is 0. The third-order valence-corrected chi connectivity index (χ3v) is 2.81. The number of aromatic nitrogens is 1. The highest BCUT2D eigenvalue weighted by Gasteiger charge is 2.24. The van der Waals surface area contributed by atoms with Crippen LogP contribution in [-0.2, 0) is 0 Å². The van der Waals surface area contributed by atoms with Crippen molar-refractivity contribution in [1.29, 1.82) is 0 Å². The zero-order valence-electron chi connectivity index (χ0n) is 10.5. The van der Waals surface area contributed by atoms with Crippen LogP contribution in [0.25, 0.3) is 0 Å². The molecule has 0 fully saturated rings. The van der Waals surface area contributed by atoms with E-state index in [4.69, 9.17) is 16.7 Å². The Morgan fingerprint density at radius 3 is 2.50 bits per heavy atom. The van der Waals surface area contributed by atoms with Crippen molar-refractivity contribution in [3.63, 3.8) is 0 Å². The molecule has 0 aliphatic carbocycles. The summed E-state index contributed by atoms with van der Waals surface area (Å²) in [6.07, 6.45) is -0.438. The second-order valence-corrected chi connectivity index (χ2v) is 4.91. The number of carbonyl (C=O) groups is 1. The van der Waals surface area contributed by atoms with Gasteiger partial charge < -0.3 is 15.5 Å². The maximum absolute atomic E-state index is 10.8. The molecule has 3 N–H and O–H groups in total. The van der Waals surface area contributed by atoms with Gasteiger partial charge in [-0.2, -0.15) is 0 Å². The van der Waals surface area contributed by atoms with Gasteiger partial charge in [0.25, 0.3) is 0 Å². The van der Waals surface area contributed by atoms with E-state index in [-0.39, 0.29) is 5.92 Å². The smallest absolute Gasteiger partial charge is 0.405 e. The molecule has 0 saturated carbocycles. The number of carboxylic acid groups (broad SMARTS) is 1. The predicted molar refractivity (Wildman–Crippen MR) is 68.6 cm³/mol. The fraction of sp³-hybridized carbons (Fsp3) is 0.500. The first-order valence-electron chi connectivity index (χ1n) is 5.65. The van der Waals surface area contributed by atoms with Crippen molar-refractivity contribution in [3.8, 4) is 0 Å². The lowest BCUT2D eigenvalue weighted by atomic mass is 9.95. The van der Waals surface area contributed by atoms with Gasteiger partial charge in [-0.3, -0.25) is 4.98 Å². The number of amides is 1. The Bertz CT molecular complexity index is 435. The van der Waals surface area contributed by atoms with Crippen molar-refractivity contribution in [3.05, 3.63) is 28.5 Å². The minimum absolute atomic E-state index is 0.00674. The largest absolute Gasteiger partial charge is 0.465 e. The zero-order chi connectivity index (χ0) is 13.9. The number of hydrogen-bond donors (Lipinski definition) is 3. The van der Waals surface area contributed by atoms with Crippen LogP contribution >= 0.6 is 11.6 Å². The molecule has 0 saturated heterocycles. The zero-order valence-corrected chi connectivity index (χ0v) is 11.3. The molecule has 0 aromatic carbocycles. The van der Waals surface area contributed by atoms with Crippen LogP contribution in [0.4, 0.5) is 4.79 Å². The maximum atomic E-state index is 10.8. The van der Waals surface area contributed by atoms with Crippen molar-refractivity contribution < 1.29 is 15.0 Å². The van der Waals surface area contributed by atoms with Crippen LogP contribution in [0.5, 0.6) is 0 Å². The van der Waals surface area contributed by atoms with Crippen molar-refractivity contribution in [2.45, 2.75) is 32.9 Å². The van der Waals surface area contributed by atoms with E-state index in [9.17, 15) is 9.90 Å². The van der Waals surface area contributed by atoms with Gasteiger partial charge in [-0.1, -0.05) is 25.4 Å². The molecule has 1 aromatic rings. The molecule has 0 spiro atoms. The van der Waals surface area contributed by atoms with E-state index in [0.717, 1.165) is 0 Å². The van der Waals surface area contributed by atoms with E-state index in [2.05, 4.69) is 10.3 Å². The van der Waals surface area contributed by atoms with E-state index in [1.54, 1.807) is 13.0 Å². The molecule has 0 bridgehead atoms. The van der Waals surface area contributed by atoms with Gasteiger partial charge in [0.15, 0.2) is 0 Å². The molecule has 18 heavy (non-hydrogen) atoms. The summed E-state index contributed by atoms with van der Waals surface area (Å²) in [5, 5.41) is 21.4.